The molecule has 0 bridgehead atoms. The number of halogens is 1. The van der Waals surface area contributed by atoms with Crippen molar-refractivity contribution >= 4 is 21.5 Å². The van der Waals surface area contributed by atoms with Crippen molar-refractivity contribution in [1.82, 2.24) is 4.90 Å². The highest BCUT2D eigenvalue weighted by atomic mass is 79.9. The summed E-state index contributed by atoms with van der Waals surface area (Å²) in [6.07, 6.45) is 3.57. The Kier molecular flexibility index (Phi) is 6.00. The second-order valence-electron chi connectivity index (χ2n) is 8.50. The molecule has 4 nitrogen and oxygen atoms in total. The summed E-state index contributed by atoms with van der Waals surface area (Å²) in [6, 6.07) is 14.5. The van der Waals surface area contributed by atoms with E-state index in [2.05, 4.69) is 71.1 Å². The monoisotopic (exact) mass is 457 g/mol. The van der Waals surface area contributed by atoms with Gasteiger partial charge in [-0.15, -0.1) is 0 Å². The number of nitrogens with zero attached hydrogens (tertiary/aromatic N) is 1. The average Bonchev–Trinajstić information content (AvgIpc) is 3.01. The largest absolute Gasteiger partial charge is 0.487 e. The van der Waals surface area contributed by atoms with Crippen molar-refractivity contribution < 1.29 is 14.6 Å². The van der Waals surface area contributed by atoms with E-state index in [4.69, 9.17) is 9.47 Å². The van der Waals surface area contributed by atoms with Crippen molar-refractivity contribution in [1.29, 1.82) is 0 Å². The molecular formula is C24H28BrNO3. The SMILES string of the molecule is CC1(C)Cc2cc(Br)cc(OCC(O)CN3CC=C(c4ccccc4)CC3)c2O1. The van der Waals surface area contributed by atoms with Crippen molar-refractivity contribution in [3.05, 3.63) is 64.1 Å². The quantitative estimate of drug-likeness (QED) is 0.682. The highest BCUT2D eigenvalue weighted by Gasteiger charge is 2.33. The standard InChI is InChI=1S/C24H28BrNO3/c1-24(2)14-19-12-20(25)13-22(23(19)29-24)28-16-21(27)15-26-10-8-18(9-11-26)17-6-4-3-5-7-17/h3-8,12-13,21,27H,9-11,14-16H2,1-2H3. The number of aliphatic hydroxyl groups is 1. The predicted octanol–water partition coefficient (Wildman–Crippen LogP) is 4.69. The minimum Gasteiger partial charge on any atom is -0.487 e. The van der Waals surface area contributed by atoms with Crippen molar-refractivity contribution in [2.45, 2.75) is 38.4 Å². The minimum absolute atomic E-state index is 0.226. The maximum Gasteiger partial charge on any atom is 0.165 e. The number of ether oxygens (including phenoxy) is 2. The van der Waals surface area contributed by atoms with Gasteiger partial charge in [0.25, 0.3) is 0 Å². The molecule has 4 rings (SSSR count). The van der Waals surface area contributed by atoms with Crippen LogP contribution < -0.4 is 9.47 Å². The summed E-state index contributed by atoms with van der Waals surface area (Å²) in [7, 11) is 0. The fraction of sp³-hybridized carbons (Fsp3) is 0.417. The third-order valence-corrected chi connectivity index (χ3v) is 5.89. The number of benzene rings is 2. The Morgan fingerprint density at radius 2 is 2.03 bits per heavy atom. The molecule has 5 heteroatoms. The first-order valence-electron chi connectivity index (χ1n) is 10.2. The maximum atomic E-state index is 10.5. The van der Waals surface area contributed by atoms with Crippen LogP contribution in [0.3, 0.4) is 0 Å². The molecule has 0 amide bonds. The Balaban J connectivity index is 1.32. The molecule has 1 atom stereocenters. The van der Waals surface area contributed by atoms with E-state index < -0.39 is 6.10 Å². The Bertz CT molecular complexity index is 894. The van der Waals surface area contributed by atoms with Crippen LogP contribution in [0.4, 0.5) is 0 Å². The van der Waals surface area contributed by atoms with Gasteiger partial charge in [-0.3, -0.25) is 4.90 Å². The Hall–Kier alpha value is -1.82. The first kappa shape index (κ1) is 20.5. The second kappa shape index (κ2) is 8.50. The lowest BCUT2D eigenvalue weighted by Gasteiger charge is -2.28. The summed E-state index contributed by atoms with van der Waals surface area (Å²) in [5.74, 6) is 1.50. The highest BCUT2D eigenvalue weighted by Crippen LogP contribution is 2.43. The van der Waals surface area contributed by atoms with Crippen LogP contribution in [0, 0.1) is 0 Å². The number of rotatable bonds is 6. The summed E-state index contributed by atoms with van der Waals surface area (Å²) < 4.78 is 13.0. The molecule has 2 aliphatic heterocycles. The van der Waals surface area contributed by atoms with Crippen LogP contribution in [-0.2, 0) is 6.42 Å². The number of fused-ring (bicyclic) bond motifs is 1. The van der Waals surface area contributed by atoms with E-state index in [0.717, 1.165) is 41.7 Å². The van der Waals surface area contributed by atoms with Gasteiger partial charge in [-0.1, -0.05) is 52.3 Å². The van der Waals surface area contributed by atoms with Crippen LogP contribution in [0.5, 0.6) is 11.5 Å². The van der Waals surface area contributed by atoms with E-state index in [1.54, 1.807) is 0 Å². The molecular weight excluding hydrogens is 430 g/mol. The van der Waals surface area contributed by atoms with Crippen molar-refractivity contribution in [3.8, 4) is 11.5 Å². The smallest absolute Gasteiger partial charge is 0.165 e. The third kappa shape index (κ3) is 5.03. The molecule has 0 aromatic heterocycles. The van der Waals surface area contributed by atoms with Gasteiger partial charge in [-0.05, 0) is 43.5 Å². The molecule has 2 aromatic rings. The molecule has 0 aliphatic carbocycles. The van der Waals surface area contributed by atoms with Gasteiger partial charge in [0.15, 0.2) is 11.5 Å². The van der Waals surface area contributed by atoms with Crippen molar-refractivity contribution in [2.75, 3.05) is 26.2 Å². The van der Waals surface area contributed by atoms with Crippen LogP contribution in [0.2, 0.25) is 0 Å². The predicted molar refractivity (Wildman–Crippen MR) is 120 cm³/mol. The van der Waals surface area contributed by atoms with Gasteiger partial charge >= 0.3 is 0 Å². The average molecular weight is 458 g/mol. The van der Waals surface area contributed by atoms with Crippen LogP contribution in [0.15, 0.2) is 53.0 Å². The van der Waals surface area contributed by atoms with E-state index in [-0.39, 0.29) is 12.2 Å². The van der Waals surface area contributed by atoms with Crippen LogP contribution in [-0.4, -0.2) is 48.0 Å². The molecule has 2 heterocycles. The van der Waals surface area contributed by atoms with Gasteiger partial charge in [0.2, 0.25) is 0 Å². The lowest BCUT2D eigenvalue weighted by molar-refractivity contribution is 0.0680. The van der Waals surface area contributed by atoms with Crippen LogP contribution >= 0.6 is 15.9 Å². The van der Waals surface area contributed by atoms with Gasteiger partial charge in [0, 0.05) is 36.1 Å². The van der Waals surface area contributed by atoms with E-state index in [9.17, 15) is 5.11 Å². The molecule has 0 fully saturated rings. The summed E-state index contributed by atoms with van der Waals surface area (Å²) >= 11 is 3.55. The molecule has 2 aliphatic rings. The Morgan fingerprint density at radius 3 is 2.76 bits per heavy atom. The zero-order valence-corrected chi connectivity index (χ0v) is 18.6. The Labute approximate surface area is 181 Å². The molecule has 1 N–H and O–H groups in total. The Morgan fingerprint density at radius 1 is 1.24 bits per heavy atom. The first-order chi connectivity index (χ1) is 13.9. The van der Waals surface area contributed by atoms with Gasteiger partial charge < -0.3 is 14.6 Å². The minimum atomic E-state index is -0.550. The third-order valence-electron chi connectivity index (χ3n) is 5.43. The molecule has 2 aromatic carbocycles. The lowest BCUT2D eigenvalue weighted by Crippen LogP contribution is -2.38. The van der Waals surface area contributed by atoms with Crippen LogP contribution in [0.1, 0.15) is 31.4 Å². The summed E-state index contributed by atoms with van der Waals surface area (Å²) in [5.41, 5.74) is 3.60. The zero-order chi connectivity index (χ0) is 20.4. The number of β-amino-alcohol motifs (C(OH)–C–C–N with tert-alkyl or cyclic N) is 1. The normalized spacial score (nSPS) is 19.2. The summed E-state index contributed by atoms with van der Waals surface area (Å²) in [5, 5.41) is 10.5. The highest BCUT2D eigenvalue weighted by molar-refractivity contribution is 9.10. The number of hydrogen-bond acceptors (Lipinski definition) is 4. The topological polar surface area (TPSA) is 41.9 Å². The van der Waals surface area contributed by atoms with Crippen LogP contribution in [0.25, 0.3) is 5.57 Å². The molecule has 0 saturated heterocycles. The molecule has 29 heavy (non-hydrogen) atoms. The van der Waals surface area contributed by atoms with E-state index >= 15 is 0 Å². The maximum absolute atomic E-state index is 10.5. The fourth-order valence-corrected chi connectivity index (χ4v) is 4.56. The first-order valence-corrected chi connectivity index (χ1v) is 11.0. The van der Waals surface area contributed by atoms with Gasteiger partial charge in [-0.2, -0.15) is 0 Å². The second-order valence-corrected chi connectivity index (χ2v) is 9.42. The molecule has 0 spiro atoms. The molecule has 1 unspecified atom stereocenters. The molecule has 0 saturated carbocycles. The van der Waals surface area contributed by atoms with Gasteiger partial charge in [0.1, 0.15) is 18.3 Å². The molecule has 154 valence electrons. The number of hydrogen-bond donors (Lipinski definition) is 1. The summed E-state index contributed by atoms with van der Waals surface area (Å²) in [4.78, 5) is 2.27. The lowest BCUT2D eigenvalue weighted by atomic mass is 9.99. The molecule has 0 radical (unpaired) electrons. The fourth-order valence-electron chi connectivity index (χ4n) is 4.08. The summed E-state index contributed by atoms with van der Waals surface area (Å²) in [6.45, 7) is 6.80. The van der Waals surface area contributed by atoms with Gasteiger partial charge in [0.05, 0.1) is 0 Å². The van der Waals surface area contributed by atoms with Crippen molar-refractivity contribution in [2.24, 2.45) is 0 Å². The van der Waals surface area contributed by atoms with Gasteiger partial charge in [-0.25, -0.2) is 0 Å². The zero-order valence-electron chi connectivity index (χ0n) is 17.0. The van der Waals surface area contributed by atoms with E-state index in [1.165, 1.54) is 11.1 Å². The number of aliphatic hydroxyl groups excluding tert-OH is 1. The van der Waals surface area contributed by atoms with E-state index in [0.29, 0.717) is 12.3 Å². The van der Waals surface area contributed by atoms with Crippen molar-refractivity contribution in [3.63, 3.8) is 0 Å². The van der Waals surface area contributed by atoms with E-state index in [1.807, 2.05) is 12.1 Å².